The highest BCUT2D eigenvalue weighted by Crippen LogP contribution is 2.35. The van der Waals surface area contributed by atoms with Gasteiger partial charge in [-0.1, -0.05) is 54.6 Å². The molecule has 0 radical (unpaired) electrons. The second-order valence-electron chi connectivity index (χ2n) is 6.95. The Morgan fingerprint density at radius 3 is 2.41 bits per heavy atom. The lowest BCUT2D eigenvalue weighted by molar-refractivity contribution is 0.267. The fourth-order valence-corrected chi connectivity index (χ4v) is 3.26. The molecule has 150 valence electrons. The van der Waals surface area contributed by atoms with Crippen molar-refractivity contribution in [2.24, 2.45) is 0 Å². The Bertz CT molecular complexity index is 935. The van der Waals surface area contributed by atoms with E-state index in [4.69, 9.17) is 9.47 Å². The third-order valence-corrected chi connectivity index (χ3v) is 4.71. The predicted molar refractivity (Wildman–Crippen MR) is 121 cm³/mol. The van der Waals surface area contributed by atoms with Gasteiger partial charge in [-0.05, 0) is 55.2 Å². The van der Waals surface area contributed by atoms with Crippen molar-refractivity contribution in [3.63, 3.8) is 0 Å². The molecule has 3 aromatic carbocycles. The number of hydrogen-bond acceptors (Lipinski definition) is 3. The van der Waals surface area contributed by atoms with Crippen LogP contribution in [-0.2, 0) is 19.6 Å². The number of anilines is 1. The SMILES string of the molecule is C=CCc1cc(CNc2ccccc2C)cc(OCC)c1OCc1ccccc1. The van der Waals surface area contributed by atoms with Gasteiger partial charge in [-0.2, -0.15) is 0 Å². The fraction of sp³-hybridized carbons (Fsp3) is 0.231. The maximum absolute atomic E-state index is 6.20. The zero-order valence-corrected chi connectivity index (χ0v) is 17.3. The van der Waals surface area contributed by atoms with Gasteiger partial charge in [0.1, 0.15) is 6.61 Å². The van der Waals surface area contributed by atoms with Crippen LogP contribution in [0.3, 0.4) is 0 Å². The summed E-state index contributed by atoms with van der Waals surface area (Å²) in [5.74, 6) is 1.58. The largest absolute Gasteiger partial charge is 0.490 e. The first-order valence-corrected chi connectivity index (χ1v) is 10.1. The molecular formula is C26H29NO2. The van der Waals surface area contributed by atoms with E-state index in [1.165, 1.54) is 5.56 Å². The topological polar surface area (TPSA) is 30.5 Å². The number of rotatable bonds is 10. The summed E-state index contributed by atoms with van der Waals surface area (Å²) in [6.45, 7) is 9.82. The van der Waals surface area contributed by atoms with Crippen LogP contribution in [0.1, 0.15) is 29.2 Å². The van der Waals surface area contributed by atoms with Crippen molar-refractivity contribution >= 4 is 5.69 Å². The molecule has 29 heavy (non-hydrogen) atoms. The Morgan fingerprint density at radius 2 is 1.69 bits per heavy atom. The minimum atomic E-state index is 0.506. The third-order valence-electron chi connectivity index (χ3n) is 4.71. The Hall–Kier alpha value is -3.20. The Labute approximate surface area is 174 Å². The van der Waals surface area contributed by atoms with E-state index >= 15 is 0 Å². The second-order valence-corrected chi connectivity index (χ2v) is 6.95. The molecular weight excluding hydrogens is 358 g/mol. The van der Waals surface area contributed by atoms with Crippen LogP contribution in [0.25, 0.3) is 0 Å². The van der Waals surface area contributed by atoms with Crippen molar-refractivity contribution in [1.29, 1.82) is 0 Å². The minimum absolute atomic E-state index is 0.506. The molecule has 0 fully saturated rings. The van der Waals surface area contributed by atoms with Crippen molar-refractivity contribution in [2.45, 2.75) is 33.4 Å². The number of nitrogens with one attached hydrogen (secondary N) is 1. The molecule has 0 spiro atoms. The fourth-order valence-electron chi connectivity index (χ4n) is 3.26. The first-order chi connectivity index (χ1) is 14.2. The summed E-state index contributed by atoms with van der Waals surface area (Å²) in [7, 11) is 0. The van der Waals surface area contributed by atoms with E-state index in [0.29, 0.717) is 19.8 Å². The molecule has 0 saturated heterocycles. The van der Waals surface area contributed by atoms with Crippen LogP contribution >= 0.6 is 0 Å². The molecule has 3 aromatic rings. The summed E-state index contributed by atoms with van der Waals surface area (Å²) in [5, 5.41) is 3.52. The van der Waals surface area contributed by atoms with Gasteiger partial charge in [-0.3, -0.25) is 0 Å². The molecule has 0 atom stereocenters. The molecule has 1 N–H and O–H groups in total. The van der Waals surface area contributed by atoms with E-state index in [1.807, 2.05) is 37.3 Å². The van der Waals surface area contributed by atoms with Gasteiger partial charge in [0.2, 0.25) is 0 Å². The predicted octanol–water partition coefficient (Wildman–Crippen LogP) is 6.31. The average molecular weight is 388 g/mol. The summed E-state index contributed by atoms with van der Waals surface area (Å²) in [6, 6.07) is 22.7. The van der Waals surface area contributed by atoms with Crippen LogP contribution in [-0.4, -0.2) is 6.61 Å². The molecule has 3 rings (SSSR count). The quantitative estimate of drug-likeness (QED) is 0.413. The molecule has 0 aromatic heterocycles. The highest BCUT2D eigenvalue weighted by Gasteiger charge is 2.14. The summed E-state index contributed by atoms with van der Waals surface area (Å²) in [5.41, 5.74) is 5.74. The smallest absolute Gasteiger partial charge is 0.165 e. The maximum atomic E-state index is 6.20. The van der Waals surface area contributed by atoms with Crippen molar-refractivity contribution in [3.8, 4) is 11.5 Å². The van der Waals surface area contributed by atoms with E-state index < -0.39 is 0 Å². The summed E-state index contributed by atoms with van der Waals surface area (Å²) in [6.07, 6.45) is 2.63. The second kappa shape index (κ2) is 10.4. The van der Waals surface area contributed by atoms with E-state index in [-0.39, 0.29) is 0 Å². The van der Waals surface area contributed by atoms with Crippen LogP contribution in [0.4, 0.5) is 5.69 Å². The Kier molecular flexibility index (Phi) is 7.34. The molecule has 0 heterocycles. The molecule has 0 aliphatic carbocycles. The van der Waals surface area contributed by atoms with Gasteiger partial charge >= 0.3 is 0 Å². The zero-order valence-electron chi connectivity index (χ0n) is 17.3. The lowest BCUT2D eigenvalue weighted by Gasteiger charge is -2.18. The van der Waals surface area contributed by atoms with Crippen LogP contribution < -0.4 is 14.8 Å². The van der Waals surface area contributed by atoms with Crippen molar-refractivity contribution in [3.05, 3.63) is 102 Å². The van der Waals surface area contributed by atoms with Crippen LogP contribution in [0.2, 0.25) is 0 Å². The van der Waals surface area contributed by atoms with Gasteiger partial charge in [0.05, 0.1) is 6.61 Å². The van der Waals surface area contributed by atoms with Gasteiger partial charge in [0, 0.05) is 17.8 Å². The Balaban J connectivity index is 1.84. The first kappa shape index (κ1) is 20.5. The molecule has 0 unspecified atom stereocenters. The van der Waals surface area contributed by atoms with Crippen molar-refractivity contribution in [1.82, 2.24) is 0 Å². The van der Waals surface area contributed by atoms with Crippen LogP contribution in [0.15, 0.2) is 79.4 Å². The summed E-state index contributed by atoms with van der Waals surface area (Å²) in [4.78, 5) is 0. The first-order valence-electron chi connectivity index (χ1n) is 10.1. The highest BCUT2D eigenvalue weighted by molar-refractivity contribution is 5.53. The lowest BCUT2D eigenvalue weighted by Crippen LogP contribution is -2.06. The van der Waals surface area contributed by atoms with Crippen molar-refractivity contribution < 1.29 is 9.47 Å². The van der Waals surface area contributed by atoms with E-state index in [0.717, 1.165) is 40.3 Å². The van der Waals surface area contributed by atoms with Gasteiger partial charge in [-0.15, -0.1) is 6.58 Å². The number of hydrogen-bond donors (Lipinski definition) is 1. The molecule has 0 bridgehead atoms. The Morgan fingerprint density at radius 1 is 0.931 bits per heavy atom. The molecule has 0 saturated carbocycles. The van der Waals surface area contributed by atoms with E-state index in [9.17, 15) is 0 Å². The average Bonchev–Trinajstić information content (AvgIpc) is 2.74. The monoisotopic (exact) mass is 387 g/mol. The van der Waals surface area contributed by atoms with Crippen molar-refractivity contribution in [2.75, 3.05) is 11.9 Å². The normalized spacial score (nSPS) is 10.4. The number of aryl methyl sites for hydroxylation is 1. The van der Waals surface area contributed by atoms with Crippen LogP contribution in [0, 0.1) is 6.92 Å². The number of para-hydroxylation sites is 1. The molecule has 3 nitrogen and oxygen atoms in total. The van der Waals surface area contributed by atoms with E-state index in [1.54, 1.807) is 0 Å². The molecule has 0 amide bonds. The number of allylic oxidation sites excluding steroid dienone is 1. The summed E-state index contributed by atoms with van der Waals surface area (Å²) < 4.78 is 12.1. The van der Waals surface area contributed by atoms with Crippen LogP contribution in [0.5, 0.6) is 11.5 Å². The molecule has 3 heteroatoms. The van der Waals surface area contributed by atoms with E-state index in [2.05, 4.69) is 61.3 Å². The van der Waals surface area contributed by atoms with Gasteiger partial charge < -0.3 is 14.8 Å². The molecule has 0 aliphatic rings. The third kappa shape index (κ3) is 5.64. The zero-order chi connectivity index (χ0) is 20.5. The highest BCUT2D eigenvalue weighted by atomic mass is 16.5. The maximum Gasteiger partial charge on any atom is 0.165 e. The number of ether oxygens (including phenoxy) is 2. The molecule has 0 aliphatic heterocycles. The lowest BCUT2D eigenvalue weighted by atomic mass is 10.0. The minimum Gasteiger partial charge on any atom is -0.490 e. The summed E-state index contributed by atoms with van der Waals surface area (Å²) >= 11 is 0. The standard InChI is InChI=1S/C26H29NO2/c1-4-11-23-16-22(18-27-24-15-10-9-12-20(24)3)17-25(28-5-2)26(23)29-19-21-13-7-6-8-14-21/h4,6-10,12-17,27H,1,5,11,18-19H2,2-3H3. The van der Waals surface area contributed by atoms with Gasteiger partial charge in [0.15, 0.2) is 11.5 Å². The van der Waals surface area contributed by atoms with Gasteiger partial charge in [-0.25, -0.2) is 0 Å². The van der Waals surface area contributed by atoms with Gasteiger partial charge in [0.25, 0.3) is 0 Å². The number of benzene rings is 3.